The van der Waals surface area contributed by atoms with Gasteiger partial charge in [0.2, 0.25) is 0 Å². The van der Waals surface area contributed by atoms with Crippen LogP contribution in [0, 0.1) is 0 Å². The molecular formula is C15H20ClN3O. The molecular weight excluding hydrogens is 274 g/mol. The van der Waals surface area contributed by atoms with Gasteiger partial charge in [-0.1, -0.05) is 0 Å². The van der Waals surface area contributed by atoms with Crippen molar-refractivity contribution < 1.29 is 4.74 Å². The molecule has 0 radical (unpaired) electrons. The topological polar surface area (TPSA) is 36.9 Å². The van der Waals surface area contributed by atoms with Gasteiger partial charge in [0.25, 0.3) is 6.02 Å². The Morgan fingerprint density at radius 2 is 1.80 bits per heavy atom. The Morgan fingerprint density at radius 3 is 2.40 bits per heavy atom. The van der Waals surface area contributed by atoms with Gasteiger partial charge in [0.05, 0.1) is 6.54 Å². The minimum Gasteiger partial charge on any atom is -0.463 e. The number of nitrogens with one attached hydrogen (secondary N) is 1. The van der Waals surface area contributed by atoms with E-state index in [0.717, 1.165) is 12.2 Å². The monoisotopic (exact) mass is 293 g/mol. The number of hydrogen-bond donors (Lipinski definition) is 1. The molecule has 4 nitrogen and oxygen atoms in total. The lowest BCUT2D eigenvalue weighted by atomic mass is 9.91. The van der Waals surface area contributed by atoms with Crippen LogP contribution in [0.1, 0.15) is 24.0 Å². The molecule has 1 N–H and O–H groups in total. The first-order chi connectivity index (χ1) is 9.40. The third kappa shape index (κ3) is 2.33. The molecule has 0 saturated carbocycles. The zero-order valence-electron chi connectivity index (χ0n) is 11.5. The fraction of sp³-hybridized carbons (Fsp3) is 0.533. The molecule has 0 fully saturated rings. The van der Waals surface area contributed by atoms with Gasteiger partial charge in [-0.05, 0) is 48.9 Å². The first-order valence-corrected chi connectivity index (χ1v) is 7.25. The minimum absolute atomic E-state index is 0. The number of benzene rings is 1. The van der Waals surface area contributed by atoms with Gasteiger partial charge in [-0.2, -0.15) is 0 Å². The SMILES string of the molecule is Cl.c1c(NC2=NCCO2)cc2c3c1CCCN3CCC2. The molecule has 0 aliphatic carbocycles. The maximum absolute atomic E-state index is 5.44. The van der Waals surface area contributed by atoms with Crippen molar-refractivity contribution in [1.82, 2.24) is 0 Å². The number of nitrogens with zero attached hydrogens (tertiary/aromatic N) is 2. The van der Waals surface area contributed by atoms with E-state index in [0.29, 0.717) is 12.6 Å². The van der Waals surface area contributed by atoms with Gasteiger partial charge in [-0.25, -0.2) is 4.99 Å². The standard InChI is InChI=1S/C15H19N3O.ClH/c1-3-11-9-13(17-15-16-5-8-19-15)10-12-4-2-7-18(6-1)14(11)12;/h9-10H,1-8H2,(H,16,17);1H. The fourth-order valence-corrected chi connectivity index (χ4v) is 3.41. The lowest BCUT2D eigenvalue weighted by Gasteiger charge is -2.37. The minimum atomic E-state index is 0. The van der Waals surface area contributed by atoms with Crippen LogP contribution in [-0.4, -0.2) is 32.3 Å². The number of anilines is 2. The highest BCUT2D eigenvalue weighted by Crippen LogP contribution is 2.37. The molecule has 0 aromatic heterocycles. The summed E-state index contributed by atoms with van der Waals surface area (Å²) in [6, 6.07) is 5.23. The average molecular weight is 294 g/mol. The molecule has 0 amide bonds. The number of amidine groups is 1. The molecule has 20 heavy (non-hydrogen) atoms. The predicted molar refractivity (Wildman–Crippen MR) is 84.4 cm³/mol. The largest absolute Gasteiger partial charge is 0.463 e. The summed E-state index contributed by atoms with van der Waals surface area (Å²) < 4.78 is 5.44. The second-order valence-corrected chi connectivity index (χ2v) is 5.50. The van der Waals surface area contributed by atoms with Crippen LogP contribution in [-0.2, 0) is 17.6 Å². The van der Waals surface area contributed by atoms with Crippen molar-refractivity contribution in [1.29, 1.82) is 0 Å². The molecule has 0 bridgehead atoms. The van der Waals surface area contributed by atoms with Gasteiger partial charge >= 0.3 is 0 Å². The number of halogens is 1. The summed E-state index contributed by atoms with van der Waals surface area (Å²) in [5.74, 6) is 0. The summed E-state index contributed by atoms with van der Waals surface area (Å²) in [7, 11) is 0. The van der Waals surface area contributed by atoms with Crippen LogP contribution in [0.4, 0.5) is 11.4 Å². The van der Waals surface area contributed by atoms with Crippen LogP contribution in [0.2, 0.25) is 0 Å². The Balaban J connectivity index is 0.00000121. The summed E-state index contributed by atoms with van der Waals surface area (Å²) in [4.78, 5) is 6.86. The van der Waals surface area contributed by atoms with Gasteiger partial charge in [-0.3, -0.25) is 0 Å². The Bertz CT molecular complexity index is 513. The smallest absolute Gasteiger partial charge is 0.289 e. The van der Waals surface area contributed by atoms with E-state index in [1.807, 2.05) is 0 Å². The quantitative estimate of drug-likeness (QED) is 0.865. The van der Waals surface area contributed by atoms with Crippen molar-refractivity contribution in [2.45, 2.75) is 25.7 Å². The summed E-state index contributed by atoms with van der Waals surface area (Å²) in [6.45, 7) is 3.92. The summed E-state index contributed by atoms with van der Waals surface area (Å²) in [6.07, 6.45) is 4.93. The van der Waals surface area contributed by atoms with E-state index < -0.39 is 0 Å². The van der Waals surface area contributed by atoms with Crippen molar-refractivity contribution in [2.75, 3.05) is 36.5 Å². The molecule has 0 saturated heterocycles. The maximum atomic E-state index is 5.44. The third-order valence-corrected chi connectivity index (χ3v) is 4.17. The Morgan fingerprint density at radius 1 is 1.10 bits per heavy atom. The molecule has 3 aliphatic rings. The molecule has 0 spiro atoms. The van der Waals surface area contributed by atoms with Crippen molar-refractivity contribution in [3.8, 4) is 0 Å². The van der Waals surface area contributed by atoms with Gasteiger partial charge in [-0.15, -0.1) is 12.4 Å². The van der Waals surface area contributed by atoms with Crippen LogP contribution in [0.15, 0.2) is 17.1 Å². The highest BCUT2D eigenvalue weighted by Gasteiger charge is 2.24. The first kappa shape index (κ1) is 13.6. The summed E-state index contributed by atoms with van der Waals surface area (Å²) in [5.41, 5.74) is 5.63. The van der Waals surface area contributed by atoms with E-state index in [1.54, 1.807) is 0 Å². The van der Waals surface area contributed by atoms with Crippen LogP contribution >= 0.6 is 12.4 Å². The van der Waals surface area contributed by atoms with Crippen LogP contribution < -0.4 is 10.2 Å². The number of ether oxygens (including phenoxy) is 1. The Labute approximate surface area is 125 Å². The average Bonchev–Trinajstić information content (AvgIpc) is 2.92. The van der Waals surface area contributed by atoms with Crippen molar-refractivity contribution in [2.24, 2.45) is 4.99 Å². The fourth-order valence-electron chi connectivity index (χ4n) is 3.41. The third-order valence-electron chi connectivity index (χ3n) is 4.17. The number of hydrogen-bond acceptors (Lipinski definition) is 4. The molecule has 3 aliphatic heterocycles. The van der Waals surface area contributed by atoms with E-state index in [2.05, 4.69) is 27.3 Å². The van der Waals surface area contributed by atoms with Crippen LogP contribution in [0.5, 0.6) is 0 Å². The molecule has 4 rings (SSSR count). The summed E-state index contributed by atoms with van der Waals surface area (Å²) >= 11 is 0. The van der Waals surface area contributed by atoms with Crippen LogP contribution in [0.25, 0.3) is 0 Å². The van der Waals surface area contributed by atoms with E-state index in [1.165, 1.54) is 55.6 Å². The molecule has 108 valence electrons. The van der Waals surface area contributed by atoms with E-state index >= 15 is 0 Å². The van der Waals surface area contributed by atoms with Crippen molar-refractivity contribution >= 4 is 29.8 Å². The lowest BCUT2D eigenvalue weighted by molar-refractivity contribution is 0.346. The normalized spacial score (nSPS) is 19.6. The number of aryl methyl sites for hydroxylation is 2. The highest BCUT2D eigenvalue weighted by atomic mass is 35.5. The van der Waals surface area contributed by atoms with Crippen molar-refractivity contribution in [3.63, 3.8) is 0 Å². The van der Waals surface area contributed by atoms with E-state index in [9.17, 15) is 0 Å². The van der Waals surface area contributed by atoms with E-state index in [4.69, 9.17) is 4.74 Å². The Hall–Kier alpha value is -1.42. The van der Waals surface area contributed by atoms with Gasteiger partial charge in [0, 0.05) is 24.5 Å². The molecule has 3 heterocycles. The van der Waals surface area contributed by atoms with Crippen LogP contribution in [0.3, 0.4) is 0 Å². The molecule has 1 aromatic carbocycles. The zero-order valence-corrected chi connectivity index (χ0v) is 12.3. The van der Waals surface area contributed by atoms with Crippen molar-refractivity contribution in [3.05, 3.63) is 23.3 Å². The molecule has 5 heteroatoms. The van der Waals surface area contributed by atoms with Gasteiger partial charge in [0.1, 0.15) is 6.61 Å². The Kier molecular flexibility index (Phi) is 3.74. The van der Waals surface area contributed by atoms with Gasteiger partial charge in [0.15, 0.2) is 0 Å². The number of rotatable bonds is 1. The summed E-state index contributed by atoms with van der Waals surface area (Å²) in [5, 5.41) is 3.31. The highest BCUT2D eigenvalue weighted by molar-refractivity contribution is 5.90. The lowest BCUT2D eigenvalue weighted by Crippen LogP contribution is -2.34. The molecule has 1 aromatic rings. The van der Waals surface area contributed by atoms with Gasteiger partial charge < -0.3 is 15.0 Å². The van der Waals surface area contributed by atoms with E-state index in [-0.39, 0.29) is 12.4 Å². The number of aliphatic imine (C=N–C) groups is 1. The predicted octanol–water partition coefficient (Wildman–Crippen LogP) is 2.61. The second kappa shape index (κ2) is 5.52. The zero-order chi connectivity index (χ0) is 12.7. The first-order valence-electron chi connectivity index (χ1n) is 7.25. The molecule has 0 atom stereocenters. The molecule has 0 unspecified atom stereocenters. The maximum Gasteiger partial charge on any atom is 0.289 e. The second-order valence-electron chi connectivity index (χ2n) is 5.50.